The summed E-state index contributed by atoms with van der Waals surface area (Å²) in [5.41, 5.74) is 9.09. The lowest BCUT2D eigenvalue weighted by Gasteiger charge is -2.00. The van der Waals surface area contributed by atoms with E-state index in [1.165, 1.54) is 6.92 Å². The zero-order valence-electron chi connectivity index (χ0n) is 6.10. The molecule has 0 fully saturated rings. The summed E-state index contributed by atoms with van der Waals surface area (Å²) in [6, 6.07) is 0. The van der Waals surface area contributed by atoms with E-state index >= 15 is 0 Å². The van der Waals surface area contributed by atoms with Crippen LogP contribution in [0.3, 0.4) is 0 Å². The van der Waals surface area contributed by atoms with Crippen LogP contribution in [0.5, 0.6) is 0 Å². The average molecular weight is 184 g/mol. The first-order chi connectivity index (χ1) is 4.90. The van der Waals surface area contributed by atoms with Crippen LogP contribution < -0.4 is 11.5 Å². The smallest absolute Gasteiger partial charge is 0.268 e. The highest BCUT2D eigenvalue weighted by Gasteiger charge is 2.13. The Balaban J connectivity index is 0. The molecule has 1 unspecified atom stereocenters. The van der Waals surface area contributed by atoms with Crippen molar-refractivity contribution in [2.24, 2.45) is 11.5 Å². The fraction of sp³-hybridized carbons (Fsp3) is 0.750. The van der Waals surface area contributed by atoms with E-state index < -0.39 is 15.4 Å². The van der Waals surface area contributed by atoms with E-state index in [9.17, 15) is 8.42 Å². The second kappa shape index (κ2) is 6.08. The van der Waals surface area contributed by atoms with E-state index in [0.717, 1.165) is 0 Å². The minimum atomic E-state index is -3.88. The SMILES string of the molecule is CC(CN)S(=O)(=O)O.NC=O. The van der Waals surface area contributed by atoms with Crippen LogP contribution >= 0.6 is 0 Å². The molecule has 1 amide bonds. The Morgan fingerprint density at radius 3 is 1.91 bits per heavy atom. The van der Waals surface area contributed by atoms with Gasteiger partial charge < -0.3 is 11.5 Å². The minimum Gasteiger partial charge on any atom is -0.372 e. The summed E-state index contributed by atoms with van der Waals surface area (Å²) >= 11 is 0. The van der Waals surface area contributed by atoms with E-state index in [-0.39, 0.29) is 13.0 Å². The van der Waals surface area contributed by atoms with Gasteiger partial charge in [0.1, 0.15) is 0 Å². The second-order valence-corrected chi connectivity index (χ2v) is 3.53. The molecule has 0 saturated carbocycles. The van der Waals surface area contributed by atoms with Crippen molar-refractivity contribution >= 4 is 16.5 Å². The number of rotatable bonds is 2. The third kappa shape index (κ3) is 9.34. The lowest BCUT2D eigenvalue weighted by molar-refractivity contribution is -0.106. The standard InChI is InChI=1S/C3H9NO3S.CH3NO/c1-3(2-4)8(5,6)7;2-1-3/h3H,2,4H2,1H3,(H,5,6,7);1H,(H2,2,3). The van der Waals surface area contributed by atoms with Crippen molar-refractivity contribution in [3.8, 4) is 0 Å². The molecule has 0 bridgehead atoms. The molecule has 0 aromatic rings. The summed E-state index contributed by atoms with van der Waals surface area (Å²) in [6.45, 7) is 1.30. The molecule has 0 radical (unpaired) electrons. The van der Waals surface area contributed by atoms with Crippen molar-refractivity contribution in [3.63, 3.8) is 0 Å². The summed E-state index contributed by atoms with van der Waals surface area (Å²) in [5.74, 6) is 0. The maximum absolute atomic E-state index is 10.0. The summed E-state index contributed by atoms with van der Waals surface area (Å²) in [7, 11) is -3.88. The third-order valence-corrected chi connectivity index (χ3v) is 2.05. The second-order valence-electron chi connectivity index (χ2n) is 1.70. The van der Waals surface area contributed by atoms with E-state index in [1.54, 1.807) is 0 Å². The van der Waals surface area contributed by atoms with Crippen molar-refractivity contribution in [1.82, 2.24) is 0 Å². The van der Waals surface area contributed by atoms with Gasteiger partial charge in [-0.05, 0) is 6.92 Å². The monoisotopic (exact) mass is 184 g/mol. The predicted octanol–water partition coefficient (Wildman–Crippen LogP) is -1.68. The van der Waals surface area contributed by atoms with Crippen LogP contribution in [-0.2, 0) is 14.9 Å². The fourth-order valence-corrected chi connectivity index (χ4v) is 0.365. The van der Waals surface area contributed by atoms with E-state index in [2.05, 4.69) is 5.73 Å². The van der Waals surface area contributed by atoms with Crippen LogP contribution in [0.2, 0.25) is 0 Å². The summed E-state index contributed by atoms with van der Waals surface area (Å²) < 4.78 is 28.3. The largest absolute Gasteiger partial charge is 0.372 e. The molecule has 68 valence electrons. The minimum absolute atomic E-state index is 0.0428. The summed E-state index contributed by atoms with van der Waals surface area (Å²) in [5, 5.41) is -0.845. The molecule has 7 heteroatoms. The molecule has 0 heterocycles. The van der Waals surface area contributed by atoms with Crippen LogP contribution in [0.15, 0.2) is 0 Å². The van der Waals surface area contributed by atoms with Crippen LogP contribution in [0, 0.1) is 0 Å². The maximum atomic E-state index is 10.0. The number of carbonyl (C=O) groups is 1. The van der Waals surface area contributed by atoms with Crippen molar-refractivity contribution < 1.29 is 17.8 Å². The molecule has 6 nitrogen and oxygen atoms in total. The average Bonchev–Trinajstić information content (AvgIpc) is 1.86. The molecular weight excluding hydrogens is 172 g/mol. The number of nitrogens with two attached hydrogens (primary N) is 2. The van der Waals surface area contributed by atoms with Gasteiger partial charge in [-0.2, -0.15) is 8.42 Å². The number of hydrogen-bond donors (Lipinski definition) is 3. The number of carbonyl (C=O) groups excluding carboxylic acids is 1. The topological polar surface area (TPSA) is 123 Å². The Labute approximate surface area is 65.3 Å². The molecule has 0 aliphatic carbocycles. The lowest BCUT2D eigenvalue weighted by atomic mass is 10.5. The molecule has 11 heavy (non-hydrogen) atoms. The zero-order chi connectivity index (χ0) is 9.49. The van der Waals surface area contributed by atoms with Gasteiger partial charge in [0.15, 0.2) is 0 Å². The molecule has 0 saturated heterocycles. The Kier molecular flexibility index (Phi) is 7.16. The Morgan fingerprint density at radius 1 is 1.64 bits per heavy atom. The van der Waals surface area contributed by atoms with Crippen molar-refractivity contribution in [1.29, 1.82) is 0 Å². The van der Waals surface area contributed by atoms with Crippen molar-refractivity contribution in [3.05, 3.63) is 0 Å². The van der Waals surface area contributed by atoms with Gasteiger partial charge >= 0.3 is 0 Å². The van der Waals surface area contributed by atoms with Gasteiger partial charge in [0.25, 0.3) is 10.1 Å². The predicted molar refractivity (Wildman–Crippen MR) is 40.3 cm³/mol. The molecule has 0 aliphatic rings. The summed E-state index contributed by atoms with van der Waals surface area (Å²) in [4.78, 5) is 8.58. The highest BCUT2D eigenvalue weighted by atomic mass is 32.2. The highest BCUT2D eigenvalue weighted by molar-refractivity contribution is 7.86. The number of amides is 1. The Hall–Kier alpha value is -0.660. The number of primary amides is 1. The van der Waals surface area contributed by atoms with Gasteiger partial charge in [0.05, 0.1) is 5.25 Å². The first-order valence-electron chi connectivity index (χ1n) is 2.71. The molecule has 0 spiro atoms. The van der Waals surface area contributed by atoms with E-state index in [1.807, 2.05) is 0 Å². The van der Waals surface area contributed by atoms with Crippen LogP contribution in [-0.4, -0.2) is 31.2 Å². The molecule has 1 atom stereocenters. The lowest BCUT2D eigenvalue weighted by Crippen LogP contribution is -2.25. The molecule has 0 aromatic carbocycles. The van der Waals surface area contributed by atoms with Crippen LogP contribution in [0.4, 0.5) is 0 Å². The summed E-state index contributed by atoms with van der Waals surface area (Å²) in [6.07, 6.45) is 0.250. The highest BCUT2D eigenvalue weighted by Crippen LogP contribution is 1.91. The van der Waals surface area contributed by atoms with Gasteiger partial charge in [-0.3, -0.25) is 9.35 Å². The van der Waals surface area contributed by atoms with Gasteiger partial charge in [-0.25, -0.2) is 0 Å². The first kappa shape index (κ1) is 13.0. The normalized spacial score (nSPS) is 12.6. The van der Waals surface area contributed by atoms with Crippen molar-refractivity contribution in [2.45, 2.75) is 12.2 Å². The molecule has 0 aliphatic heterocycles. The quantitative estimate of drug-likeness (QED) is 0.349. The Bertz CT molecular complexity index is 188. The zero-order valence-corrected chi connectivity index (χ0v) is 6.91. The van der Waals surface area contributed by atoms with Crippen LogP contribution in [0.1, 0.15) is 6.92 Å². The van der Waals surface area contributed by atoms with Crippen molar-refractivity contribution in [2.75, 3.05) is 6.54 Å². The molecule has 0 aromatic heterocycles. The fourth-order valence-electron chi connectivity index (χ4n) is 0.122. The Morgan fingerprint density at radius 2 is 1.91 bits per heavy atom. The van der Waals surface area contributed by atoms with Gasteiger partial charge in [-0.1, -0.05) is 0 Å². The molecule has 0 rings (SSSR count). The van der Waals surface area contributed by atoms with Gasteiger partial charge in [-0.15, -0.1) is 0 Å². The van der Waals surface area contributed by atoms with Crippen LogP contribution in [0.25, 0.3) is 0 Å². The third-order valence-electron chi connectivity index (χ3n) is 0.840. The molecule has 5 N–H and O–H groups in total. The van der Waals surface area contributed by atoms with E-state index in [0.29, 0.717) is 0 Å². The first-order valence-corrected chi connectivity index (χ1v) is 4.22. The molecular formula is C4H12N2O4S. The maximum Gasteiger partial charge on any atom is 0.268 e. The van der Waals surface area contributed by atoms with E-state index in [4.69, 9.17) is 15.1 Å². The van der Waals surface area contributed by atoms with Gasteiger partial charge in [0.2, 0.25) is 6.41 Å². The number of hydrogen-bond acceptors (Lipinski definition) is 4. The van der Waals surface area contributed by atoms with Gasteiger partial charge in [0, 0.05) is 6.54 Å².